The van der Waals surface area contributed by atoms with E-state index < -0.39 is 20.0 Å². The first-order valence-electron chi connectivity index (χ1n) is 9.93. The van der Waals surface area contributed by atoms with Gasteiger partial charge in [-0.3, -0.25) is 0 Å². The van der Waals surface area contributed by atoms with Gasteiger partial charge in [0.15, 0.2) is 0 Å². The molecule has 0 saturated carbocycles. The predicted molar refractivity (Wildman–Crippen MR) is 129 cm³/mol. The molecule has 0 heterocycles. The molecule has 0 saturated heterocycles. The van der Waals surface area contributed by atoms with Crippen molar-refractivity contribution < 1.29 is 16.8 Å². The minimum Gasteiger partial charge on any atom is -0.200 e. The molecular weight excluding hydrogens is 460 g/mol. The topological polar surface area (TPSA) is 117 Å². The molecular formula is C23H24N4O4S2. The van der Waals surface area contributed by atoms with Crippen molar-refractivity contribution in [3.63, 3.8) is 0 Å². The summed E-state index contributed by atoms with van der Waals surface area (Å²) in [4.78, 5) is 4.51. The maximum absolute atomic E-state index is 12.7. The van der Waals surface area contributed by atoms with E-state index in [0.717, 1.165) is 11.1 Å². The Labute approximate surface area is 194 Å². The number of aryl methyl sites for hydroxylation is 2. The van der Waals surface area contributed by atoms with Crippen molar-refractivity contribution >= 4 is 31.5 Å². The molecule has 3 aromatic rings. The lowest BCUT2D eigenvalue weighted by atomic mass is 10.1. The Morgan fingerprint density at radius 2 is 1.06 bits per heavy atom. The standard InChI is InChI=1S/C23H24N4O4S2/c1-17-9-13-21(14-10-17)32(28,29)26-24-19(3)23(20-7-5-4-6-8-20)25-27-33(30,31)22-15-11-18(2)12-16-22/h4-16,26-27H,1-3H3/b24-19-,25-23+. The lowest BCUT2D eigenvalue weighted by molar-refractivity contribution is 0.582. The maximum atomic E-state index is 12.7. The van der Waals surface area contributed by atoms with E-state index >= 15 is 0 Å². The molecule has 3 rings (SSSR count). The van der Waals surface area contributed by atoms with Gasteiger partial charge in [-0.25, -0.2) is 0 Å². The average molecular weight is 485 g/mol. The molecule has 0 atom stereocenters. The fourth-order valence-corrected chi connectivity index (χ4v) is 4.45. The molecule has 0 aliphatic rings. The first-order chi connectivity index (χ1) is 15.6. The quantitative estimate of drug-likeness (QED) is 0.377. The van der Waals surface area contributed by atoms with E-state index in [1.165, 1.54) is 31.2 Å². The minimum atomic E-state index is -3.94. The molecule has 2 N–H and O–H groups in total. The van der Waals surface area contributed by atoms with Crippen molar-refractivity contribution in [2.75, 3.05) is 0 Å². The molecule has 0 aliphatic carbocycles. The Morgan fingerprint density at radius 1 is 0.636 bits per heavy atom. The molecule has 172 valence electrons. The summed E-state index contributed by atoms with van der Waals surface area (Å²) in [5, 5.41) is 8.03. The van der Waals surface area contributed by atoms with Gasteiger partial charge in [-0.1, -0.05) is 65.7 Å². The number of hydrazone groups is 2. The van der Waals surface area contributed by atoms with Crippen molar-refractivity contribution in [3.8, 4) is 0 Å². The highest BCUT2D eigenvalue weighted by Crippen LogP contribution is 2.12. The lowest BCUT2D eigenvalue weighted by Crippen LogP contribution is -2.26. The third-order valence-electron chi connectivity index (χ3n) is 4.66. The molecule has 0 radical (unpaired) electrons. The summed E-state index contributed by atoms with van der Waals surface area (Å²) >= 11 is 0. The number of sulfonamides is 2. The van der Waals surface area contributed by atoms with E-state index in [-0.39, 0.29) is 21.2 Å². The van der Waals surface area contributed by atoms with E-state index in [4.69, 9.17) is 0 Å². The van der Waals surface area contributed by atoms with Gasteiger partial charge in [-0.2, -0.15) is 36.7 Å². The summed E-state index contributed by atoms with van der Waals surface area (Å²) in [7, 11) is -7.84. The Morgan fingerprint density at radius 3 is 1.52 bits per heavy atom. The van der Waals surface area contributed by atoms with E-state index in [1.54, 1.807) is 54.6 Å². The van der Waals surface area contributed by atoms with Crippen molar-refractivity contribution in [2.24, 2.45) is 10.2 Å². The van der Waals surface area contributed by atoms with Crippen LogP contribution in [0.3, 0.4) is 0 Å². The van der Waals surface area contributed by atoms with Gasteiger partial charge in [0.05, 0.1) is 15.5 Å². The number of hydrogen-bond acceptors (Lipinski definition) is 6. The van der Waals surface area contributed by atoms with Crippen LogP contribution in [0.1, 0.15) is 23.6 Å². The first kappa shape index (κ1) is 24.1. The summed E-state index contributed by atoms with van der Waals surface area (Å²) in [6, 6.07) is 21.4. The molecule has 0 spiro atoms. The van der Waals surface area contributed by atoms with Gasteiger partial charge in [-0.05, 0) is 45.0 Å². The molecule has 3 aromatic carbocycles. The van der Waals surface area contributed by atoms with Gasteiger partial charge < -0.3 is 0 Å². The molecule has 0 amide bonds. The van der Waals surface area contributed by atoms with Crippen LogP contribution in [-0.4, -0.2) is 28.3 Å². The van der Waals surface area contributed by atoms with E-state index in [0.29, 0.717) is 5.56 Å². The molecule has 33 heavy (non-hydrogen) atoms. The minimum absolute atomic E-state index is 0.0546. The van der Waals surface area contributed by atoms with Gasteiger partial charge in [-0.15, -0.1) is 0 Å². The van der Waals surface area contributed by atoms with E-state index in [9.17, 15) is 16.8 Å². The van der Waals surface area contributed by atoms with Crippen molar-refractivity contribution in [1.29, 1.82) is 0 Å². The second-order valence-electron chi connectivity index (χ2n) is 7.34. The van der Waals surface area contributed by atoms with Crippen LogP contribution in [0.25, 0.3) is 0 Å². The number of rotatable bonds is 8. The van der Waals surface area contributed by atoms with Crippen LogP contribution in [0, 0.1) is 13.8 Å². The highest BCUT2D eigenvalue weighted by atomic mass is 32.2. The van der Waals surface area contributed by atoms with Crippen LogP contribution in [0.15, 0.2) is 98.9 Å². The molecule has 0 fully saturated rings. The molecule has 0 aliphatic heterocycles. The van der Waals surface area contributed by atoms with Gasteiger partial charge in [0.1, 0.15) is 5.71 Å². The van der Waals surface area contributed by atoms with E-state index in [1.807, 2.05) is 13.8 Å². The van der Waals surface area contributed by atoms with Crippen LogP contribution in [-0.2, 0) is 20.0 Å². The van der Waals surface area contributed by atoms with Crippen LogP contribution in [0.4, 0.5) is 0 Å². The molecule has 0 unspecified atom stereocenters. The average Bonchev–Trinajstić information content (AvgIpc) is 2.79. The molecule has 10 heteroatoms. The number of benzene rings is 3. The zero-order chi connectivity index (χ0) is 24.1. The van der Waals surface area contributed by atoms with Crippen molar-refractivity contribution in [3.05, 3.63) is 95.6 Å². The summed E-state index contributed by atoms with van der Waals surface area (Å²) < 4.78 is 50.5. The Hall–Kier alpha value is -3.50. The Kier molecular flexibility index (Phi) is 7.29. The third kappa shape index (κ3) is 6.27. The largest absolute Gasteiger partial charge is 0.276 e. The summed E-state index contributed by atoms with van der Waals surface area (Å²) in [6.45, 7) is 5.24. The van der Waals surface area contributed by atoms with Crippen LogP contribution in [0.2, 0.25) is 0 Å². The van der Waals surface area contributed by atoms with Gasteiger partial charge >= 0.3 is 0 Å². The normalized spacial score (nSPS) is 12.9. The second kappa shape index (κ2) is 9.97. The zero-order valence-electron chi connectivity index (χ0n) is 18.3. The monoisotopic (exact) mass is 484 g/mol. The second-order valence-corrected chi connectivity index (χ2v) is 10.7. The van der Waals surface area contributed by atoms with Gasteiger partial charge in [0.2, 0.25) is 0 Å². The Bertz CT molecular complexity index is 1380. The number of hydrogen-bond donors (Lipinski definition) is 2. The summed E-state index contributed by atoms with van der Waals surface area (Å²) in [6.07, 6.45) is 0. The highest BCUT2D eigenvalue weighted by Gasteiger charge is 2.17. The predicted octanol–water partition coefficient (Wildman–Crippen LogP) is 3.34. The summed E-state index contributed by atoms with van der Waals surface area (Å²) in [5.41, 5.74) is 2.74. The maximum Gasteiger partial charge on any atom is 0.276 e. The lowest BCUT2D eigenvalue weighted by Gasteiger charge is -2.10. The van der Waals surface area contributed by atoms with Gasteiger partial charge in [0, 0.05) is 5.56 Å². The van der Waals surface area contributed by atoms with Crippen molar-refractivity contribution in [1.82, 2.24) is 9.66 Å². The number of nitrogens with one attached hydrogen (secondary N) is 2. The Balaban J connectivity index is 1.92. The fourth-order valence-electron chi connectivity index (χ4n) is 2.78. The zero-order valence-corrected chi connectivity index (χ0v) is 20.0. The third-order valence-corrected chi connectivity index (χ3v) is 7.11. The van der Waals surface area contributed by atoms with Crippen molar-refractivity contribution in [2.45, 2.75) is 30.6 Å². The van der Waals surface area contributed by atoms with Gasteiger partial charge in [0.25, 0.3) is 20.0 Å². The summed E-state index contributed by atoms with van der Waals surface area (Å²) in [5.74, 6) is 0. The number of nitrogens with zero attached hydrogens (tertiary/aromatic N) is 2. The van der Waals surface area contributed by atoms with Crippen LogP contribution >= 0.6 is 0 Å². The molecule has 8 nitrogen and oxygen atoms in total. The van der Waals surface area contributed by atoms with E-state index in [2.05, 4.69) is 19.9 Å². The SMILES string of the molecule is CC(=N/NS(=O)(=O)c1ccc(C)cc1)/C(=N\NS(=O)(=O)c1ccc(C)cc1)c1ccccc1. The fraction of sp³-hybridized carbons (Fsp3) is 0.130. The first-order valence-corrected chi connectivity index (χ1v) is 12.9. The van der Waals surface area contributed by atoms with Crippen LogP contribution < -0.4 is 9.66 Å². The molecule has 0 bridgehead atoms. The van der Waals surface area contributed by atoms with Crippen LogP contribution in [0.5, 0.6) is 0 Å². The highest BCUT2D eigenvalue weighted by molar-refractivity contribution is 7.89. The smallest absolute Gasteiger partial charge is 0.200 e. The molecule has 0 aromatic heterocycles.